The van der Waals surface area contributed by atoms with Gasteiger partial charge in [0.25, 0.3) is 5.56 Å². The van der Waals surface area contributed by atoms with E-state index in [0.717, 1.165) is 5.39 Å². The Balaban J connectivity index is 1.93. The minimum Gasteiger partial charge on any atom is -0.493 e. The Morgan fingerprint density at radius 2 is 1.71 bits per heavy atom. The molecule has 0 aliphatic carbocycles. The second-order valence-corrected chi connectivity index (χ2v) is 7.63. The monoisotopic (exact) mass is 422 g/mol. The highest BCUT2D eigenvalue weighted by atomic mass is 16.7. The highest BCUT2D eigenvalue weighted by Gasteiger charge is 2.21. The van der Waals surface area contributed by atoms with E-state index >= 15 is 0 Å². The third-order valence-corrected chi connectivity index (χ3v) is 5.53. The van der Waals surface area contributed by atoms with Gasteiger partial charge in [-0.25, -0.2) is 0 Å². The molecule has 31 heavy (non-hydrogen) atoms. The molecule has 3 heterocycles. The van der Waals surface area contributed by atoms with Crippen LogP contribution in [-0.2, 0) is 6.54 Å². The van der Waals surface area contributed by atoms with Crippen LogP contribution >= 0.6 is 0 Å². The number of rotatable bonds is 5. The number of ether oxygens (including phenoxy) is 4. The molecule has 1 aliphatic heterocycles. The highest BCUT2D eigenvalue weighted by Crippen LogP contribution is 2.39. The van der Waals surface area contributed by atoms with E-state index in [4.69, 9.17) is 18.9 Å². The quantitative estimate of drug-likeness (QED) is 0.453. The zero-order chi connectivity index (χ0) is 21.7. The van der Waals surface area contributed by atoms with Gasteiger partial charge in [-0.3, -0.25) is 4.79 Å². The van der Waals surface area contributed by atoms with Crippen LogP contribution in [0.1, 0.15) is 0 Å². The number of hydrogen-bond acceptors (Lipinski definition) is 8. The average molecular weight is 422 g/mol. The number of methoxy groups -OCH3 is 2. The third-order valence-electron chi connectivity index (χ3n) is 5.53. The van der Waals surface area contributed by atoms with E-state index in [1.807, 2.05) is 31.1 Å². The van der Waals surface area contributed by atoms with Crippen LogP contribution in [0, 0.1) is 0 Å². The Hall–Kier alpha value is -3.59. The topological polar surface area (TPSA) is 87.9 Å². The predicted octanol–water partition coefficient (Wildman–Crippen LogP) is 2.41. The fourth-order valence-electron chi connectivity index (χ4n) is 3.95. The van der Waals surface area contributed by atoms with Crippen LogP contribution in [0.2, 0.25) is 0 Å². The molecule has 0 bridgehead atoms. The summed E-state index contributed by atoms with van der Waals surface area (Å²) in [5.41, 5.74) is 1.66. The van der Waals surface area contributed by atoms with Crippen molar-refractivity contribution in [2.45, 2.75) is 6.54 Å². The van der Waals surface area contributed by atoms with Crippen LogP contribution in [0.15, 0.2) is 29.1 Å². The maximum Gasteiger partial charge on any atom is 0.261 e. The number of pyridine rings is 1. The molecule has 0 atom stereocenters. The Morgan fingerprint density at radius 1 is 1.00 bits per heavy atom. The van der Waals surface area contributed by atoms with Gasteiger partial charge in [0, 0.05) is 36.0 Å². The van der Waals surface area contributed by atoms with Gasteiger partial charge in [-0.05, 0) is 26.2 Å². The van der Waals surface area contributed by atoms with Gasteiger partial charge in [0.15, 0.2) is 23.0 Å². The molecule has 0 spiro atoms. The summed E-state index contributed by atoms with van der Waals surface area (Å²) in [7, 11) is 7.09. The van der Waals surface area contributed by atoms with Crippen molar-refractivity contribution in [1.82, 2.24) is 19.7 Å². The number of benzene rings is 2. The fourth-order valence-corrected chi connectivity index (χ4v) is 3.95. The van der Waals surface area contributed by atoms with E-state index in [9.17, 15) is 4.79 Å². The minimum absolute atomic E-state index is 0.143. The van der Waals surface area contributed by atoms with Gasteiger partial charge in [-0.2, -0.15) is 0 Å². The normalized spacial score (nSPS) is 12.9. The molecule has 5 rings (SSSR count). The molecule has 2 aromatic carbocycles. The van der Waals surface area contributed by atoms with Gasteiger partial charge < -0.3 is 28.4 Å². The zero-order valence-electron chi connectivity index (χ0n) is 17.8. The number of aromatic nitrogens is 3. The molecule has 4 aromatic rings. The molecular weight excluding hydrogens is 400 g/mol. The Labute approximate surface area is 177 Å². The largest absolute Gasteiger partial charge is 0.493 e. The minimum atomic E-state index is -0.143. The molecule has 9 heteroatoms. The van der Waals surface area contributed by atoms with E-state index in [0.29, 0.717) is 63.4 Å². The first-order valence-corrected chi connectivity index (χ1v) is 9.85. The second-order valence-electron chi connectivity index (χ2n) is 7.63. The fraction of sp³-hybridized carbons (Fsp3) is 0.318. The van der Waals surface area contributed by atoms with Crippen LogP contribution in [0.5, 0.6) is 23.0 Å². The first kappa shape index (κ1) is 19.4. The molecule has 0 saturated carbocycles. The lowest BCUT2D eigenvalue weighted by molar-refractivity contribution is 0.174. The van der Waals surface area contributed by atoms with E-state index in [2.05, 4.69) is 10.2 Å². The lowest BCUT2D eigenvalue weighted by atomic mass is 10.1. The van der Waals surface area contributed by atoms with Crippen LogP contribution in [0.25, 0.3) is 32.7 Å². The highest BCUT2D eigenvalue weighted by molar-refractivity contribution is 6.13. The molecule has 160 valence electrons. The number of hydrogen-bond donors (Lipinski definition) is 0. The first-order valence-electron chi connectivity index (χ1n) is 9.85. The molecule has 0 unspecified atom stereocenters. The number of fused-ring (bicyclic) bond motifs is 6. The maximum atomic E-state index is 13.8. The summed E-state index contributed by atoms with van der Waals surface area (Å²) in [4.78, 5) is 15.8. The molecule has 0 fully saturated rings. The third kappa shape index (κ3) is 3.00. The summed E-state index contributed by atoms with van der Waals surface area (Å²) in [6.07, 6.45) is 0. The van der Waals surface area contributed by atoms with Crippen LogP contribution in [-0.4, -0.2) is 61.3 Å². The van der Waals surface area contributed by atoms with E-state index in [1.165, 1.54) is 0 Å². The molecule has 1 aliphatic rings. The summed E-state index contributed by atoms with van der Waals surface area (Å²) >= 11 is 0. The standard InChI is InChI=1S/C22H22N4O5/c1-25(2)5-6-26-15-10-17(29-4)16(28-3)8-13(15)21-20(22(26)27)12-7-18-19(31-11-30-18)9-14(12)23-24-21/h7-10H,5-6,11H2,1-4H3. The summed E-state index contributed by atoms with van der Waals surface area (Å²) in [5.74, 6) is 2.29. The van der Waals surface area contributed by atoms with Crippen molar-refractivity contribution >= 4 is 32.7 Å². The van der Waals surface area contributed by atoms with Crippen LogP contribution < -0.4 is 24.5 Å². The van der Waals surface area contributed by atoms with Crippen molar-refractivity contribution in [2.24, 2.45) is 0 Å². The molecule has 0 N–H and O–H groups in total. The van der Waals surface area contributed by atoms with Crippen molar-refractivity contribution in [3.8, 4) is 23.0 Å². The van der Waals surface area contributed by atoms with Gasteiger partial charge in [-0.1, -0.05) is 0 Å². The van der Waals surface area contributed by atoms with Crippen LogP contribution in [0.3, 0.4) is 0 Å². The molecule has 0 amide bonds. The van der Waals surface area contributed by atoms with Crippen molar-refractivity contribution in [3.05, 3.63) is 34.6 Å². The summed E-state index contributed by atoms with van der Waals surface area (Å²) in [6.45, 7) is 1.34. The van der Waals surface area contributed by atoms with Crippen molar-refractivity contribution < 1.29 is 18.9 Å². The molecule has 0 radical (unpaired) electrons. The number of likely N-dealkylation sites (N-methyl/N-ethyl adjacent to an activating group) is 1. The first-order chi connectivity index (χ1) is 15.0. The van der Waals surface area contributed by atoms with Crippen molar-refractivity contribution in [2.75, 3.05) is 41.7 Å². The van der Waals surface area contributed by atoms with Crippen molar-refractivity contribution in [3.63, 3.8) is 0 Å². The second kappa shape index (κ2) is 7.28. The van der Waals surface area contributed by atoms with Gasteiger partial charge in [-0.15, -0.1) is 10.2 Å². The van der Waals surface area contributed by atoms with E-state index in [1.54, 1.807) is 30.9 Å². The average Bonchev–Trinajstić information content (AvgIpc) is 3.23. The summed E-state index contributed by atoms with van der Waals surface area (Å²) in [6, 6.07) is 7.22. The summed E-state index contributed by atoms with van der Waals surface area (Å²) in [5, 5.41) is 10.7. The lowest BCUT2D eigenvalue weighted by Crippen LogP contribution is -2.27. The maximum absolute atomic E-state index is 13.8. The van der Waals surface area contributed by atoms with Gasteiger partial charge in [0.05, 0.1) is 30.6 Å². The summed E-state index contributed by atoms with van der Waals surface area (Å²) < 4.78 is 23.7. The molecule has 2 aromatic heterocycles. The Kier molecular flexibility index (Phi) is 4.55. The SMILES string of the molecule is COc1cc2c3nnc4cc5c(cc4c3c(=O)n(CCN(C)C)c2cc1OC)OCO5. The van der Waals surface area contributed by atoms with Crippen LogP contribution in [0.4, 0.5) is 0 Å². The molecule has 9 nitrogen and oxygen atoms in total. The molecule has 0 saturated heterocycles. The van der Waals surface area contributed by atoms with E-state index < -0.39 is 0 Å². The Bertz CT molecular complexity index is 1400. The smallest absolute Gasteiger partial charge is 0.261 e. The lowest BCUT2D eigenvalue weighted by Gasteiger charge is -2.17. The Morgan fingerprint density at radius 3 is 2.42 bits per heavy atom. The zero-order valence-corrected chi connectivity index (χ0v) is 17.8. The predicted molar refractivity (Wildman–Crippen MR) is 117 cm³/mol. The van der Waals surface area contributed by atoms with Gasteiger partial charge in [0.1, 0.15) is 5.52 Å². The van der Waals surface area contributed by atoms with E-state index in [-0.39, 0.29) is 12.4 Å². The van der Waals surface area contributed by atoms with Gasteiger partial charge >= 0.3 is 0 Å². The number of nitrogens with zero attached hydrogens (tertiary/aromatic N) is 4. The molecular formula is C22H22N4O5. The van der Waals surface area contributed by atoms with Crippen molar-refractivity contribution in [1.29, 1.82) is 0 Å². The van der Waals surface area contributed by atoms with Gasteiger partial charge in [0.2, 0.25) is 6.79 Å².